The van der Waals surface area contributed by atoms with Crippen molar-refractivity contribution in [1.82, 2.24) is 19.9 Å². The Hall–Kier alpha value is -3.28. The second-order valence-corrected chi connectivity index (χ2v) is 6.89. The number of ether oxygens (including phenoxy) is 1. The molecule has 1 fully saturated rings. The number of hydrogen-bond donors (Lipinski definition) is 0. The van der Waals surface area contributed by atoms with Gasteiger partial charge in [0.25, 0.3) is 5.91 Å². The minimum atomic E-state index is -0.0399. The topological polar surface area (TPSA) is 68.2 Å². The Bertz CT molecular complexity index is 936. The molecule has 1 saturated heterocycles. The lowest BCUT2D eigenvalue weighted by molar-refractivity contribution is 0.0593. The van der Waals surface area contributed by atoms with Crippen molar-refractivity contribution in [2.45, 2.75) is 25.9 Å². The molecule has 3 aromatic rings. The highest BCUT2D eigenvalue weighted by atomic mass is 16.5. The first-order valence-electron chi connectivity index (χ1n) is 9.46. The molecule has 0 saturated carbocycles. The minimum absolute atomic E-state index is 0.0399. The molecule has 28 heavy (non-hydrogen) atoms. The third-order valence-corrected chi connectivity index (χ3v) is 4.91. The first kappa shape index (κ1) is 18.1. The molecule has 0 aliphatic carbocycles. The Balaban J connectivity index is 1.35. The molecule has 4 rings (SSSR count). The molecule has 0 bridgehead atoms. The smallest absolute Gasteiger partial charge is 0.256 e. The number of amides is 1. The van der Waals surface area contributed by atoms with Gasteiger partial charge in [0.1, 0.15) is 17.5 Å². The van der Waals surface area contributed by atoms with Crippen LogP contribution in [0.15, 0.2) is 61.1 Å². The van der Waals surface area contributed by atoms with E-state index in [0.717, 1.165) is 24.2 Å². The van der Waals surface area contributed by atoms with E-state index in [1.54, 1.807) is 18.6 Å². The summed E-state index contributed by atoms with van der Waals surface area (Å²) >= 11 is 0. The Kier molecular flexibility index (Phi) is 5.28. The SMILES string of the molecule is Cc1ccccc1OC1CCN(C(=O)c2cnc(-c3ccccn3)nc2)CC1. The number of nitrogens with zero attached hydrogens (tertiary/aromatic N) is 4. The molecule has 2 aromatic heterocycles. The second-order valence-electron chi connectivity index (χ2n) is 6.89. The summed E-state index contributed by atoms with van der Waals surface area (Å²) in [5.41, 5.74) is 2.32. The summed E-state index contributed by atoms with van der Waals surface area (Å²) in [6, 6.07) is 13.6. The maximum atomic E-state index is 12.8. The zero-order valence-electron chi connectivity index (χ0n) is 15.8. The van der Waals surface area contributed by atoms with Crippen LogP contribution in [0, 0.1) is 6.92 Å². The molecule has 0 N–H and O–H groups in total. The molecule has 0 atom stereocenters. The molecule has 1 amide bonds. The van der Waals surface area contributed by atoms with E-state index in [4.69, 9.17) is 4.74 Å². The molecular formula is C22H22N4O2. The summed E-state index contributed by atoms with van der Waals surface area (Å²) in [6.45, 7) is 3.37. The van der Waals surface area contributed by atoms with E-state index in [2.05, 4.69) is 15.0 Å². The number of carbonyl (C=O) groups excluding carboxylic acids is 1. The van der Waals surface area contributed by atoms with Crippen LogP contribution < -0.4 is 4.74 Å². The molecule has 1 aromatic carbocycles. The predicted octanol–water partition coefficient (Wildman–Crippen LogP) is 3.53. The van der Waals surface area contributed by atoms with E-state index in [0.29, 0.717) is 30.2 Å². The molecule has 1 aliphatic heterocycles. The van der Waals surface area contributed by atoms with Gasteiger partial charge in [0.05, 0.1) is 5.56 Å². The number of piperidine rings is 1. The van der Waals surface area contributed by atoms with E-state index >= 15 is 0 Å². The van der Waals surface area contributed by atoms with Crippen molar-refractivity contribution >= 4 is 5.91 Å². The zero-order chi connectivity index (χ0) is 19.3. The summed E-state index contributed by atoms with van der Waals surface area (Å²) in [6.07, 6.45) is 6.61. The first-order chi connectivity index (χ1) is 13.7. The number of aryl methyl sites for hydroxylation is 1. The van der Waals surface area contributed by atoms with Gasteiger partial charge >= 0.3 is 0 Å². The highest BCUT2D eigenvalue weighted by molar-refractivity contribution is 5.93. The summed E-state index contributed by atoms with van der Waals surface area (Å²) in [7, 11) is 0. The van der Waals surface area contributed by atoms with Gasteiger partial charge in [-0.05, 0) is 30.7 Å². The number of para-hydroxylation sites is 1. The van der Waals surface area contributed by atoms with Crippen LogP contribution >= 0.6 is 0 Å². The van der Waals surface area contributed by atoms with Crippen molar-refractivity contribution in [1.29, 1.82) is 0 Å². The van der Waals surface area contributed by atoms with Gasteiger partial charge < -0.3 is 9.64 Å². The van der Waals surface area contributed by atoms with E-state index in [1.807, 2.05) is 54.3 Å². The fraction of sp³-hybridized carbons (Fsp3) is 0.273. The second kappa shape index (κ2) is 8.17. The number of rotatable bonds is 4. The van der Waals surface area contributed by atoms with Crippen molar-refractivity contribution in [3.63, 3.8) is 0 Å². The van der Waals surface area contributed by atoms with E-state index in [1.165, 1.54) is 0 Å². The third-order valence-electron chi connectivity index (χ3n) is 4.91. The predicted molar refractivity (Wildman–Crippen MR) is 106 cm³/mol. The van der Waals surface area contributed by atoms with Gasteiger partial charge in [-0.15, -0.1) is 0 Å². The van der Waals surface area contributed by atoms with Crippen LogP contribution in [0.3, 0.4) is 0 Å². The fourth-order valence-corrected chi connectivity index (χ4v) is 3.29. The van der Waals surface area contributed by atoms with Gasteiger partial charge in [0.2, 0.25) is 0 Å². The van der Waals surface area contributed by atoms with Gasteiger partial charge in [-0.3, -0.25) is 9.78 Å². The quantitative estimate of drug-likeness (QED) is 0.699. The van der Waals surface area contributed by atoms with Crippen molar-refractivity contribution < 1.29 is 9.53 Å². The number of pyridine rings is 1. The zero-order valence-corrected chi connectivity index (χ0v) is 15.8. The number of aromatic nitrogens is 3. The number of likely N-dealkylation sites (tertiary alicyclic amines) is 1. The number of benzene rings is 1. The summed E-state index contributed by atoms with van der Waals surface area (Å²) < 4.78 is 6.11. The Morgan fingerprint density at radius 1 is 1.00 bits per heavy atom. The lowest BCUT2D eigenvalue weighted by atomic mass is 10.1. The molecule has 3 heterocycles. The van der Waals surface area contributed by atoms with Crippen LogP contribution in [0.4, 0.5) is 0 Å². The minimum Gasteiger partial charge on any atom is -0.490 e. The lowest BCUT2D eigenvalue weighted by Crippen LogP contribution is -2.41. The third kappa shape index (κ3) is 4.01. The van der Waals surface area contributed by atoms with Crippen LogP contribution in [0.1, 0.15) is 28.8 Å². The van der Waals surface area contributed by atoms with Gasteiger partial charge in [-0.25, -0.2) is 9.97 Å². The molecule has 0 unspecified atom stereocenters. The Morgan fingerprint density at radius 3 is 2.39 bits per heavy atom. The maximum Gasteiger partial charge on any atom is 0.256 e. The molecular weight excluding hydrogens is 352 g/mol. The van der Waals surface area contributed by atoms with Crippen molar-refractivity contribution in [2.24, 2.45) is 0 Å². The molecule has 6 heteroatoms. The number of hydrogen-bond acceptors (Lipinski definition) is 5. The van der Waals surface area contributed by atoms with Crippen LogP contribution in [0.25, 0.3) is 11.5 Å². The Morgan fingerprint density at radius 2 is 1.71 bits per heavy atom. The highest BCUT2D eigenvalue weighted by Crippen LogP contribution is 2.23. The van der Waals surface area contributed by atoms with E-state index in [-0.39, 0.29) is 12.0 Å². The maximum absolute atomic E-state index is 12.8. The molecule has 0 spiro atoms. The largest absolute Gasteiger partial charge is 0.490 e. The van der Waals surface area contributed by atoms with Gasteiger partial charge in [-0.1, -0.05) is 24.3 Å². The van der Waals surface area contributed by atoms with Gasteiger partial charge in [0.15, 0.2) is 5.82 Å². The molecule has 0 radical (unpaired) electrons. The van der Waals surface area contributed by atoms with E-state index < -0.39 is 0 Å². The van der Waals surface area contributed by atoms with E-state index in [9.17, 15) is 4.79 Å². The lowest BCUT2D eigenvalue weighted by Gasteiger charge is -2.32. The first-order valence-corrected chi connectivity index (χ1v) is 9.46. The summed E-state index contributed by atoms with van der Waals surface area (Å²) in [5, 5.41) is 0. The van der Waals surface area contributed by atoms with Crippen molar-refractivity contribution in [3.8, 4) is 17.3 Å². The average molecular weight is 374 g/mol. The standard InChI is InChI=1S/C22H22N4O2/c1-16-6-2-3-8-20(16)28-18-9-12-26(13-10-18)22(27)17-14-24-21(25-15-17)19-7-4-5-11-23-19/h2-8,11,14-15,18H,9-10,12-13H2,1H3. The molecule has 142 valence electrons. The fourth-order valence-electron chi connectivity index (χ4n) is 3.29. The van der Waals surface area contributed by atoms with Crippen LogP contribution in [-0.4, -0.2) is 45.0 Å². The summed E-state index contributed by atoms with van der Waals surface area (Å²) in [4.78, 5) is 27.4. The Labute approximate surface area is 164 Å². The molecule has 6 nitrogen and oxygen atoms in total. The van der Waals surface area contributed by atoms with Crippen LogP contribution in [0.2, 0.25) is 0 Å². The monoisotopic (exact) mass is 374 g/mol. The van der Waals surface area contributed by atoms with Gasteiger partial charge in [0, 0.05) is 44.5 Å². The van der Waals surface area contributed by atoms with Crippen molar-refractivity contribution in [3.05, 3.63) is 72.2 Å². The summed E-state index contributed by atoms with van der Waals surface area (Å²) in [5.74, 6) is 1.40. The number of carbonyl (C=O) groups is 1. The van der Waals surface area contributed by atoms with Gasteiger partial charge in [-0.2, -0.15) is 0 Å². The van der Waals surface area contributed by atoms with Crippen molar-refractivity contribution in [2.75, 3.05) is 13.1 Å². The average Bonchev–Trinajstić information content (AvgIpc) is 2.76. The normalized spacial score (nSPS) is 14.7. The highest BCUT2D eigenvalue weighted by Gasteiger charge is 2.25. The molecule has 1 aliphatic rings. The van der Waals surface area contributed by atoms with Crippen LogP contribution in [-0.2, 0) is 0 Å². The van der Waals surface area contributed by atoms with Crippen LogP contribution in [0.5, 0.6) is 5.75 Å².